The molecule has 2 heterocycles. The van der Waals surface area contributed by atoms with Gasteiger partial charge in [0.2, 0.25) is 0 Å². The summed E-state index contributed by atoms with van der Waals surface area (Å²) in [7, 11) is 0. The lowest BCUT2D eigenvalue weighted by Crippen LogP contribution is -2.48. The molecule has 1 N–H and O–H groups in total. The van der Waals surface area contributed by atoms with Gasteiger partial charge in [-0.3, -0.25) is 14.5 Å². The largest absolute Gasteiger partial charge is 0.336 e. The highest BCUT2D eigenvalue weighted by molar-refractivity contribution is 7.12. The van der Waals surface area contributed by atoms with Crippen molar-refractivity contribution in [1.29, 1.82) is 0 Å². The van der Waals surface area contributed by atoms with Crippen LogP contribution in [-0.4, -0.2) is 47.8 Å². The summed E-state index contributed by atoms with van der Waals surface area (Å²) in [5.74, 6) is -0.539. The first-order valence-corrected chi connectivity index (χ1v) is 11.2. The maximum atomic E-state index is 13.2. The van der Waals surface area contributed by atoms with Crippen molar-refractivity contribution >= 4 is 40.4 Å². The molecule has 1 aliphatic rings. The number of benzene rings is 2. The molecule has 5 nitrogen and oxygen atoms in total. The molecule has 160 valence electrons. The molecule has 31 heavy (non-hydrogen) atoms. The van der Waals surface area contributed by atoms with Gasteiger partial charge in [0.1, 0.15) is 5.82 Å². The van der Waals surface area contributed by atoms with Crippen LogP contribution in [0, 0.1) is 5.82 Å². The predicted octanol–water partition coefficient (Wildman–Crippen LogP) is 4.75. The van der Waals surface area contributed by atoms with Gasteiger partial charge in [-0.25, -0.2) is 4.39 Å². The van der Waals surface area contributed by atoms with Crippen LogP contribution in [0.3, 0.4) is 0 Å². The number of hydrogen-bond donors (Lipinski definition) is 1. The molecule has 1 aromatic heterocycles. The summed E-state index contributed by atoms with van der Waals surface area (Å²) in [5, 5.41) is 5.11. The third-order valence-corrected chi connectivity index (χ3v) is 6.42. The lowest BCUT2D eigenvalue weighted by atomic mass is 10.1. The molecule has 3 aromatic rings. The normalized spacial score (nSPS) is 14.5. The summed E-state index contributed by atoms with van der Waals surface area (Å²) in [6, 6.07) is 15.0. The fraction of sp³-hybridized carbons (Fsp3) is 0.217. The SMILES string of the molecule is O=C(Nc1ccc(C(=O)N2CCN(Cc3ccc(F)cc3Cl)CC2)cc1)c1cccs1. The van der Waals surface area contributed by atoms with Crippen molar-refractivity contribution in [2.24, 2.45) is 0 Å². The molecular weight excluding hydrogens is 437 g/mol. The van der Waals surface area contributed by atoms with E-state index in [4.69, 9.17) is 11.6 Å². The minimum Gasteiger partial charge on any atom is -0.336 e. The topological polar surface area (TPSA) is 52.7 Å². The average molecular weight is 458 g/mol. The Balaban J connectivity index is 1.30. The van der Waals surface area contributed by atoms with E-state index in [0.29, 0.717) is 53.9 Å². The molecule has 0 bridgehead atoms. The highest BCUT2D eigenvalue weighted by Crippen LogP contribution is 2.20. The number of carbonyl (C=O) groups excluding carboxylic acids is 2. The van der Waals surface area contributed by atoms with E-state index < -0.39 is 0 Å². The minimum absolute atomic E-state index is 0.0319. The number of anilines is 1. The fourth-order valence-corrected chi connectivity index (χ4v) is 4.32. The van der Waals surface area contributed by atoms with E-state index in [1.165, 1.54) is 23.5 Å². The molecule has 0 spiro atoms. The zero-order chi connectivity index (χ0) is 21.8. The van der Waals surface area contributed by atoms with E-state index >= 15 is 0 Å². The van der Waals surface area contributed by atoms with Crippen LogP contribution in [0.2, 0.25) is 5.02 Å². The van der Waals surface area contributed by atoms with Crippen molar-refractivity contribution in [2.45, 2.75) is 6.54 Å². The standard InChI is InChI=1S/C23H21ClFN3O2S/c24-20-14-18(25)6-3-17(20)15-27-9-11-28(12-10-27)23(30)16-4-7-19(8-5-16)26-22(29)21-2-1-13-31-21/h1-8,13-14H,9-12,15H2,(H,26,29). The highest BCUT2D eigenvalue weighted by Gasteiger charge is 2.22. The number of carbonyl (C=O) groups is 2. The summed E-state index contributed by atoms with van der Waals surface area (Å²) in [6.07, 6.45) is 0. The molecule has 2 aromatic carbocycles. The summed E-state index contributed by atoms with van der Waals surface area (Å²) in [6.45, 7) is 3.27. The van der Waals surface area contributed by atoms with Gasteiger partial charge in [0.25, 0.3) is 11.8 Å². The van der Waals surface area contributed by atoms with Gasteiger partial charge < -0.3 is 10.2 Å². The predicted molar refractivity (Wildman–Crippen MR) is 121 cm³/mol. The molecule has 0 aliphatic carbocycles. The van der Waals surface area contributed by atoms with E-state index in [1.54, 1.807) is 36.4 Å². The number of piperazine rings is 1. The van der Waals surface area contributed by atoms with Gasteiger partial charge >= 0.3 is 0 Å². The fourth-order valence-electron chi connectivity index (χ4n) is 3.48. The van der Waals surface area contributed by atoms with E-state index in [0.717, 1.165) is 5.56 Å². The smallest absolute Gasteiger partial charge is 0.265 e. The van der Waals surface area contributed by atoms with Crippen LogP contribution in [0.15, 0.2) is 60.0 Å². The summed E-state index contributed by atoms with van der Waals surface area (Å²) in [5.41, 5.74) is 2.11. The molecule has 0 radical (unpaired) electrons. The summed E-state index contributed by atoms with van der Waals surface area (Å²) in [4.78, 5) is 29.6. The van der Waals surface area contributed by atoms with Gasteiger partial charge in [-0.1, -0.05) is 23.7 Å². The second-order valence-corrected chi connectivity index (χ2v) is 8.67. The van der Waals surface area contributed by atoms with Crippen LogP contribution in [0.4, 0.5) is 10.1 Å². The molecule has 1 saturated heterocycles. The third kappa shape index (κ3) is 5.31. The first-order valence-electron chi connectivity index (χ1n) is 9.90. The van der Waals surface area contributed by atoms with Gasteiger partial charge in [0.05, 0.1) is 4.88 Å². The Kier molecular flexibility index (Phi) is 6.65. The van der Waals surface area contributed by atoms with Crippen LogP contribution in [0.25, 0.3) is 0 Å². The zero-order valence-corrected chi connectivity index (χ0v) is 18.3. The Hall–Kier alpha value is -2.74. The minimum atomic E-state index is -0.346. The maximum absolute atomic E-state index is 13.2. The van der Waals surface area contributed by atoms with E-state index in [1.807, 2.05) is 16.3 Å². The Labute approximate surface area is 189 Å². The Morgan fingerprint density at radius 3 is 2.42 bits per heavy atom. The van der Waals surface area contributed by atoms with Crippen LogP contribution in [0.5, 0.6) is 0 Å². The number of nitrogens with zero attached hydrogens (tertiary/aromatic N) is 2. The number of nitrogens with one attached hydrogen (secondary N) is 1. The van der Waals surface area contributed by atoms with Crippen LogP contribution in [0.1, 0.15) is 25.6 Å². The molecule has 1 fully saturated rings. The maximum Gasteiger partial charge on any atom is 0.265 e. The third-order valence-electron chi connectivity index (χ3n) is 5.20. The summed E-state index contributed by atoms with van der Waals surface area (Å²) >= 11 is 7.50. The molecular formula is C23H21ClFN3O2S. The van der Waals surface area contributed by atoms with Gasteiger partial charge in [-0.15, -0.1) is 11.3 Å². The Morgan fingerprint density at radius 1 is 1.03 bits per heavy atom. The van der Waals surface area contributed by atoms with Crippen LogP contribution < -0.4 is 5.32 Å². The quantitative estimate of drug-likeness (QED) is 0.601. The number of rotatable bonds is 5. The molecule has 8 heteroatoms. The molecule has 0 atom stereocenters. The molecule has 2 amide bonds. The van der Waals surface area contributed by atoms with Gasteiger partial charge in [-0.05, 0) is 53.4 Å². The van der Waals surface area contributed by atoms with Crippen LogP contribution >= 0.6 is 22.9 Å². The van der Waals surface area contributed by atoms with Crippen molar-refractivity contribution in [3.05, 3.63) is 86.8 Å². The van der Waals surface area contributed by atoms with Crippen molar-refractivity contribution in [3.8, 4) is 0 Å². The first-order chi connectivity index (χ1) is 15.0. The monoisotopic (exact) mass is 457 g/mol. The highest BCUT2D eigenvalue weighted by atomic mass is 35.5. The lowest BCUT2D eigenvalue weighted by Gasteiger charge is -2.35. The van der Waals surface area contributed by atoms with Crippen molar-refractivity contribution in [1.82, 2.24) is 9.80 Å². The Morgan fingerprint density at radius 2 is 1.77 bits per heavy atom. The molecule has 1 aliphatic heterocycles. The van der Waals surface area contributed by atoms with Crippen LogP contribution in [-0.2, 0) is 6.54 Å². The van der Waals surface area contributed by atoms with Crippen molar-refractivity contribution in [3.63, 3.8) is 0 Å². The lowest BCUT2D eigenvalue weighted by molar-refractivity contribution is 0.0628. The molecule has 4 rings (SSSR count). The second kappa shape index (κ2) is 9.60. The van der Waals surface area contributed by atoms with Crippen molar-refractivity contribution in [2.75, 3.05) is 31.5 Å². The van der Waals surface area contributed by atoms with Crippen molar-refractivity contribution < 1.29 is 14.0 Å². The zero-order valence-electron chi connectivity index (χ0n) is 16.7. The summed E-state index contributed by atoms with van der Waals surface area (Å²) < 4.78 is 13.2. The second-order valence-electron chi connectivity index (χ2n) is 7.31. The Bertz CT molecular complexity index is 1060. The van der Waals surface area contributed by atoms with Gasteiger partial charge in [0.15, 0.2) is 0 Å². The average Bonchev–Trinajstić information content (AvgIpc) is 3.31. The first kappa shape index (κ1) is 21.5. The number of halogens is 2. The molecule has 0 unspecified atom stereocenters. The number of thiophene rings is 1. The van der Waals surface area contributed by atoms with Gasteiger partial charge in [-0.2, -0.15) is 0 Å². The van der Waals surface area contributed by atoms with Gasteiger partial charge in [0, 0.05) is 49.0 Å². The molecule has 0 saturated carbocycles. The van der Waals surface area contributed by atoms with E-state index in [9.17, 15) is 14.0 Å². The van der Waals surface area contributed by atoms with E-state index in [-0.39, 0.29) is 17.6 Å². The number of hydrogen-bond acceptors (Lipinski definition) is 4. The van der Waals surface area contributed by atoms with E-state index in [2.05, 4.69) is 10.2 Å². The number of amides is 2.